The molecule has 0 radical (unpaired) electrons. The van der Waals surface area contributed by atoms with Crippen molar-refractivity contribution in [1.82, 2.24) is 5.32 Å². The minimum atomic E-state index is -0.610. The van der Waals surface area contributed by atoms with Gasteiger partial charge in [0.25, 0.3) is 5.91 Å². The van der Waals surface area contributed by atoms with Gasteiger partial charge in [0.2, 0.25) is 0 Å². The first-order valence-corrected chi connectivity index (χ1v) is 6.83. The van der Waals surface area contributed by atoms with Crippen molar-refractivity contribution in [3.05, 3.63) is 69.9 Å². The first-order chi connectivity index (χ1) is 9.63. The molecule has 2 aromatic carbocycles. The van der Waals surface area contributed by atoms with E-state index in [4.69, 9.17) is 0 Å². The second kappa shape index (κ2) is 6.63. The number of carbonyl (C=O) groups excluding carboxylic acids is 1. The van der Waals surface area contributed by atoms with Crippen LogP contribution in [0.15, 0.2) is 53.0 Å². The Labute approximate surface area is 124 Å². The number of aliphatic hydroxyl groups is 1. The van der Waals surface area contributed by atoms with Crippen molar-refractivity contribution in [3.8, 4) is 0 Å². The van der Waals surface area contributed by atoms with E-state index in [1.54, 1.807) is 18.2 Å². The highest BCUT2D eigenvalue weighted by Gasteiger charge is 2.19. The van der Waals surface area contributed by atoms with Crippen molar-refractivity contribution in [3.63, 3.8) is 0 Å². The van der Waals surface area contributed by atoms with Gasteiger partial charge >= 0.3 is 0 Å². The molecular weight excluding hydrogens is 325 g/mol. The molecule has 1 atom stereocenters. The molecule has 2 aromatic rings. The van der Waals surface area contributed by atoms with E-state index < -0.39 is 17.8 Å². The summed E-state index contributed by atoms with van der Waals surface area (Å²) in [5.41, 5.74) is 0.692. The third kappa shape index (κ3) is 3.23. The minimum absolute atomic E-state index is 0.0677. The Bertz CT molecular complexity index is 584. The van der Waals surface area contributed by atoms with Crippen LogP contribution in [0.25, 0.3) is 0 Å². The van der Waals surface area contributed by atoms with E-state index in [0.29, 0.717) is 4.47 Å². The maximum atomic E-state index is 13.7. The lowest BCUT2D eigenvalue weighted by atomic mass is 10.1. The van der Waals surface area contributed by atoms with E-state index in [-0.39, 0.29) is 12.2 Å². The standard InChI is InChI=1S/C15H13BrFNO2/c16-11-7-4-8-12(17)14(11)15(20)18-13(9-19)10-5-2-1-3-6-10/h1-8,13,19H,9H2,(H,18,20)/t13-/m0/s1. The predicted molar refractivity (Wildman–Crippen MR) is 77.8 cm³/mol. The van der Waals surface area contributed by atoms with Crippen molar-refractivity contribution in [1.29, 1.82) is 0 Å². The fraction of sp³-hybridized carbons (Fsp3) is 0.133. The van der Waals surface area contributed by atoms with Crippen LogP contribution >= 0.6 is 15.9 Å². The van der Waals surface area contributed by atoms with Gasteiger partial charge in [0, 0.05) is 4.47 Å². The van der Waals surface area contributed by atoms with Crippen LogP contribution in [0.5, 0.6) is 0 Å². The average Bonchev–Trinajstić information content (AvgIpc) is 2.45. The van der Waals surface area contributed by atoms with Crippen LogP contribution < -0.4 is 5.32 Å². The second-order valence-electron chi connectivity index (χ2n) is 4.22. The summed E-state index contributed by atoms with van der Waals surface area (Å²) < 4.78 is 14.1. The highest BCUT2D eigenvalue weighted by Crippen LogP contribution is 2.21. The van der Waals surface area contributed by atoms with Crippen molar-refractivity contribution >= 4 is 21.8 Å². The normalized spacial score (nSPS) is 11.9. The lowest BCUT2D eigenvalue weighted by Crippen LogP contribution is -2.31. The van der Waals surface area contributed by atoms with Crippen LogP contribution in [0.4, 0.5) is 4.39 Å². The lowest BCUT2D eigenvalue weighted by molar-refractivity contribution is 0.0911. The Morgan fingerprint density at radius 3 is 2.50 bits per heavy atom. The topological polar surface area (TPSA) is 49.3 Å². The molecule has 2 rings (SSSR count). The van der Waals surface area contributed by atoms with Gasteiger partial charge in [0.05, 0.1) is 18.2 Å². The molecular formula is C15H13BrFNO2. The first kappa shape index (κ1) is 14.7. The molecule has 0 unspecified atom stereocenters. The quantitative estimate of drug-likeness (QED) is 0.900. The van der Waals surface area contributed by atoms with Crippen LogP contribution in [0, 0.1) is 5.82 Å². The molecule has 0 aliphatic rings. The summed E-state index contributed by atoms with van der Waals surface area (Å²) in [4.78, 5) is 12.1. The zero-order valence-electron chi connectivity index (χ0n) is 10.5. The first-order valence-electron chi connectivity index (χ1n) is 6.04. The van der Waals surface area contributed by atoms with Crippen molar-refractivity contribution < 1.29 is 14.3 Å². The fourth-order valence-electron chi connectivity index (χ4n) is 1.86. The third-order valence-corrected chi connectivity index (χ3v) is 3.54. The van der Waals surface area contributed by atoms with E-state index in [0.717, 1.165) is 5.56 Å². The number of halogens is 2. The summed E-state index contributed by atoms with van der Waals surface area (Å²) in [6, 6.07) is 12.8. The number of carbonyl (C=O) groups is 1. The van der Waals surface area contributed by atoms with E-state index in [1.165, 1.54) is 12.1 Å². The fourth-order valence-corrected chi connectivity index (χ4v) is 2.39. The molecule has 0 saturated heterocycles. The molecule has 0 heterocycles. The number of benzene rings is 2. The van der Waals surface area contributed by atoms with Gasteiger partial charge in [-0.15, -0.1) is 0 Å². The third-order valence-electron chi connectivity index (χ3n) is 2.88. The van der Waals surface area contributed by atoms with Gasteiger partial charge < -0.3 is 10.4 Å². The van der Waals surface area contributed by atoms with Gasteiger partial charge in [-0.3, -0.25) is 4.79 Å². The molecule has 20 heavy (non-hydrogen) atoms. The van der Waals surface area contributed by atoms with Gasteiger partial charge in [0.1, 0.15) is 5.82 Å². The number of rotatable bonds is 4. The Morgan fingerprint density at radius 1 is 1.20 bits per heavy atom. The van der Waals surface area contributed by atoms with Crippen LogP contribution in [-0.4, -0.2) is 17.6 Å². The molecule has 2 N–H and O–H groups in total. The summed E-state index contributed by atoms with van der Waals surface area (Å²) in [6.45, 7) is -0.262. The Morgan fingerprint density at radius 2 is 1.90 bits per heavy atom. The number of hydrogen-bond acceptors (Lipinski definition) is 2. The molecule has 0 fully saturated rings. The van der Waals surface area contributed by atoms with E-state index >= 15 is 0 Å². The van der Waals surface area contributed by atoms with Gasteiger partial charge in [-0.25, -0.2) is 4.39 Å². The average molecular weight is 338 g/mol. The minimum Gasteiger partial charge on any atom is -0.394 e. The maximum absolute atomic E-state index is 13.7. The molecule has 0 spiro atoms. The highest BCUT2D eigenvalue weighted by molar-refractivity contribution is 9.10. The molecule has 1 amide bonds. The largest absolute Gasteiger partial charge is 0.394 e. The zero-order chi connectivity index (χ0) is 14.5. The number of nitrogens with one attached hydrogen (secondary N) is 1. The Hall–Kier alpha value is -1.72. The van der Waals surface area contributed by atoms with E-state index in [2.05, 4.69) is 21.2 Å². The van der Waals surface area contributed by atoms with Crippen LogP contribution in [0.3, 0.4) is 0 Å². The molecule has 0 bridgehead atoms. The zero-order valence-corrected chi connectivity index (χ0v) is 12.1. The predicted octanol–water partition coefficient (Wildman–Crippen LogP) is 3.05. The van der Waals surface area contributed by atoms with Crippen LogP contribution in [0.2, 0.25) is 0 Å². The van der Waals surface area contributed by atoms with Crippen LogP contribution in [0.1, 0.15) is 22.0 Å². The van der Waals surface area contributed by atoms with Gasteiger partial charge in [0.15, 0.2) is 0 Å². The SMILES string of the molecule is O=C(N[C@@H](CO)c1ccccc1)c1c(F)cccc1Br. The maximum Gasteiger partial charge on any atom is 0.255 e. The Kier molecular flexibility index (Phi) is 4.87. The van der Waals surface area contributed by atoms with Crippen molar-refractivity contribution in [2.75, 3.05) is 6.61 Å². The molecule has 104 valence electrons. The van der Waals surface area contributed by atoms with Crippen LogP contribution in [-0.2, 0) is 0 Å². The lowest BCUT2D eigenvalue weighted by Gasteiger charge is -2.17. The molecule has 0 aliphatic heterocycles. The summed E-state index contributed by atoms with van der Waals surface area (Å²) in [7, 11) is 0. The van der Waals surface area contributed by atoms with E-state index in [1.807, 2.05) is 18.2 Å². The molecule has 0 saturated carbocycles. The van der Waals surface area contributed by atoms with Gasteiger partial charge in [-0.05, 0) is 33.6 Å². The summed E-state index contributed by atoms with van der Waals surface area (Å²) in [6.07, 6.45) is 0. The molecule has 5 heteroatoms. The van der Waals surface area contributed by atoms with Crippen molar-refractivity contribution in [2.24, 2.45) is 0 Å². The highest BCUT2D eigenvalue weighted by atomic mass is 79.9. The summed E-state index contributed by atoms with van der Waals surface area (Å²) in [5, 5.41) is 12.0. The van der Waals surface area contributed by atoms with Crippen molar-refractivity contribution in [2.45, 2.75) is 6.04 Å². The van der Waals surface area contributed by atoms with E-state index in [9.17, 15) is 14.3 Å². The van der Waals surface area contributed by atoms with Gasteiger partial charge in [-0.1, -0.05) is 36.4 Å². The number of aliphatic hydroxyl groups excluding tert-OH is 1. The number of amides is 1. The molecule has 0 aromatic heterocycles. The number of hydrogen-bond donors (Lipinski definition) is 2. The monoisotopic (exact) mass is 337 g/mol. The second-order valence-corrected chi connectivity index (χ2v) is 5.07. The Balaban J connectivity index is 2.22. The molecule has 3 nitrogen and oxygen atoms in total. The van der Waals surface area contributed by atoms with Gasteiger partial charge in [-0.2, -0.15) is 0 Å². The smallest absolute Gasteiger partial charge is 0.255 e. The summed E-state index contributed by atoms with van der Waals surface area (Å²) >= 11 is 3.15. The molecule has 0 aliphatic carbocycles. The summed E-state index contributed by atoms with van der Waals surface area (Å²) in [5.74, 6) is -1.18.